The van der Waals surface area contributed by atoms with Gasteiger partial charge in [0.15, 0.2) is 5.54 Å². The van der Waals surface area contributed by atoms with Crippen LogP contribution in [0.15, 0.2) is 0 Å². The summed E-state index contributed by atoms with van der Waals surface area (Å²) >= 11 is 0. The fraction of sp³-hybridized carbons (Fsp3) is 0.778. The van der Waals surface area contributed by atoms with Crippen LogP contribution in [0.2, 0.25) is 0 Å². The van der Waals surface area contributed by atoms with Gasteiger partial charge in [-0.15, -0.1) is 0 Å². The molecule has 0 aromatic rings. The van der Waals surface area contributed by atoms with Crippen LogP contribution in [0.5, 0.6) is 0 Å². The van der Waals surface area contributed by atoms with Gasteiger partial charge in [0, 0.05) is 26.0 Å². The summed E-state index contributed by atoms with van der Waals surface area (Å²) in [5, 5.41) is 14.4. The summed E-state index contributed by atoms with van der Waals surface area (Å²) in [6, 6.07) is 0. The molecule has 1 amide bonds. The molecule has 0 aromatic carbocycles. The second-order valence-corrected chi connectivity index (χ2v) is 3.59. The van der Waals surface area contributed by atoms with E-state index in [-0.39, 0.29) is 18.9 Å². The summed E-state index contributed by atoms with van der Waals surface area (Å²) in [5.41, 5.74) is -1.22. The van der Waals surface area contributed by atoms with E-state index in [1.54, 1.807) is 7.05 Å². The standard InChI is InChI=1S/C9H16N2O4/c1-10-4-2-7(12)11-9(8(13)14)3-5-15-6-9/h10H,2-6H2,1H3,(H,11,12)(H,13,14). The largest absolute Gasteiger partial charge is 0.479 e. The summed E-state index contributed by atoms with van der Waals surface area (Å²) < 4.78 is 5.02. The second-order valence-electron chi connectivity index (χ2n) is 3.59. The molecule has 0 radical (unpaired) electrons. The fourth-order valence-corrected chi connectivity index (χ4v) is 1.45. The van der Waals surface area contributed by atoms with E-state index < -0.39 is 11.5 Å². The Morgan fingerprint density at radius 2 is 2.27 bits per heavy atom. The van der Waals surface area contributed by atoms with Crippen LogP contribution in [0.1, 0.15) is 12.8 Å². The lowest BCUT2D eigenvalue weighted by Crippen LogP contribution is -2.55. The van der Waals surface area contributed by atoms with E-state index in [1.807, 2.05) is 0 Å². The van der Waals surface area contributed by atoms with Crippen LogP contribution in [0.3, 0.4) is 0 Å². The zero-order valence-corrected chi connectivity index (χ0v) is 8.71. The quantitative estimate of drug-likeness (QED) is 0.546. The fourth-order valence-electron chi connectivity index (χ4n) is 1.45. The van der Waals surface area contributed by atoms with E-state index in [0.29, 0.717) is 19.6 Å². The van der Waals surface area contributed by atoms with Gasteiger partial charge >= 0.3 is 5.97 Å². The molecule has 0 aliphatic carbocycles. The SMILES string of the molecule is CNCCC(=O)NC1(C(=O)O)CCOC1. The Bertz CT molecular complexity index is 248. The van der Waals surface area contributed by atoms with Crippen molar-refractivity contribution in [2.45, 2.75) is 18.4 Å². The van der Waals surface area contributed by atoms with E-state index in [9.17, 15) is 9.59 Å². The number of carboxylic acid groups (broad SMARTS) is 1. The number of ether oxygens (including phenoxy) is 1. The molecule has 6 heteroatoms. The summed E-state index contributed by atoms with van der Waals surface area (Å²) in [7, 11) is 1.74. The van der Waals surface area contributed by atoms with Crippen molar-refractivity contribution in [1.82, 2.24) is 10.6 Å². The lowest BCUT2D eigenvalue weighted by molar-refractivity contribution is -0.147. The second kappa shape index (κ2) is 5.09. The van der Waals surface area contributed by atoms with Gasteiger partial charge in [0.25, 0.3) is 0 Å². The van der Waals surface area contributed by atoms with Gasteiger partial charge < -0.3 is 20.5 Å². The molecule has 1 heterocycles. The third-order valence-corrected chi connectivity index (χ3v) is 2.41. The van der Waals surface area contributed by atoms with E-state index in [4.69, 9.17) is 9.84 Å². The predicted molar refractivity (Wildman–Crippen MR) is 52.5 cm³/mol. The number of rotatable bonds is 5. The van der Waals surface area contributed by atoms with Gasteiger partial charge in [-0.25, -0.2) is 4.79 Å². The molecule has 1 atom stereocenters. The van der Waals surface area contributed by atoms with Crippen LogP contribution < -0.4 is 10.6 Å². The highest BCUT2D eigenvalue weighted by molar-refractivity contribution is 5.87. The number of hydrogen-bond acceptors (Lipinski definition) is 4. The lowest BCUT2D eigenvalue weighted by atomic mass is 9.99. The third kappa shape index (κ3) is 2.90. The molecule has 6 nitrogen and oxygen atoms in total. The van der Waals surface area contributed by atoms with Crippen molar-refractivity contribution in [2.24, 2.45) is 0 Å². The topological polar surface area (TPSA) is 87.7 Å². The van der Waals surface area contributed by atoms with E-state index in [2.05, 4.69) is 10.6 Å². The number of hydrogen-bond donors (Lipinski definition) is 3. The Labute approximate surface area is 88.0 Å². The van der Waals surface area contributed by atoms with Gasteiger partial charge in [-0.1, -0.05) is 0 Å². The zero-order valence-electron chi connectivity index (χ0n) is 8.71. The van der Waals surface area contributed by atoms with Crippen LogP contribution in [0, 0.1) is 0 Å². The highest BCUT2D eigenvalue weighted by Crippen LogP contribution is 2.18. The molecule has 15 heavy (non-hydrogen) atoms. The maximum atomic E-state index is 11.4. The first-order valence-corrected chi connectivity index (χ1v) is 4.87. The van der Waals surface area contributed by atoms with E-state index in [1.165, 1.54) is 0 Å². The van der Waals surface area contributed by atoms with Gasteiger partial charge in [-0.05, 0) is 7.05 Å². The smallest absolute Gasteiger partial charge is 0.331 e. The Hall–Kier alpha value is -1.14. The number of nitrogens with one attached hydrogen (secondary N) is 2. The Kier molecular flexibility index (Phi) is 4.05. The molecule has 86 valence electrons. The molecule has 0 saturated carbocycles. The first-order chi connectivity index (χ1) is 7.10. The van der Waals surface area contributed by atoms with E-state index in [0.717, 1.165) is 0 Å². The monoisotopic (exact) mass is 216 g/mol. The van der Waals surface area contributed by atoms with Crippen LogP contribution in [-0.2, 0) is 14.3 Å². The Balaban J connectivity index is 2.52. The summed E-state index contributed by atoms with van der Waals surface area (Å²) in [6.07, 6.45) is 0.596. The Morgan fingerprint density at radius 1 is 1.53 bits per heavy atom. The molecule has 1 unspecified atom stereocenters. The number of carboxylic acids is 1. The minimum Gasteiger partial charge on any atom is -0.479 e. The van der Waals surface area contributed by atoms with E-state index >= 15 is 0 Å². The summed E-state index contributed by atoms with van der Waals surface area (Å²) in [4.78, 5) is 22.4. The van der Waals surface area contributed by atoms with Crippen molar-refractivity contribution in [3.05, 3.63) is 0 Å². The zero-order chi connectivity index (χ0) is 11.3. The van der Waals surface area contributed by atoms with Crippen molar-refractivity contribution in [2.75, 3.05) is 26.8 Å². The normalized spacial score (nSPS) is 25.1. The number of carbonyl (C=O) groups is 2. The van der Waals surface area contributed by atoms with Gasteiger partial charge in [-0.3, -0.25) is 4.79 Å². The van der Waals surface area contributed by atoms with Crippen molar-refractivity contribution in [1.29, 1.82) is 0 Å². The molecule has 1 fully saturated rings. The number of aliphatic carboxylic acids is 1. The summed E-state index contributed by atoms with van der Waals surface area (Å²) in [5.74, 6) is -1.30. The molecule has 0 aromatic heterocycles. The summed E-state index contributed by atoms with van der Waals surface area (Å²) in [6.45, 7) is 0.953. The van der Waals surface area contributed by atoms with Gasteiger partial charge in [0.2, 0.25) is 5.91 Å². The first-order valence-electron chi connectivity index (χ1n) is 4.87. The van der Waals surface area contributed by atoms with Crippen LogP contribution in [-0.4, -0.2) is 49.3 Å². The van der Waals surface area contributed by atoms with Gasteiger partial charge in [-0.2, -0.15) is 0 Å². The number of amides is 1. The predicted octanol–water partition coefficient (Wildman–Crippen LogP) is -1.04. The lowest BCUT2D eigenvalue weighted by Gasteiger charge is -2.23. The molecule has 1 aliphatic rings. The number of carbonyl (C=O) groups excluding carboxylic acids is 1. The highest BCUT2D eigenvalue weighted by Gasteiger charge is 2.43. The minimum absolute atomic E-state index is 0.0492. The minimum atomic E-state index is -1.22. The average molecular weight is 216 g/mol. The molecule has 1 rings (SSSR count). The van der Waals surface area contributed by atoms with Crippen LogP contribution >= 0.6 is 0 Å². The van der Waals surface area contributed by atoms with Crippen molar-refractivity contribution in [3.63, 3.8) is 0 Å². The molecule has 3 N–H and O–H groups in total. The van der Waals surface area contributed by atoms with Crippen molar-refractivity contribution >= 4 is 11.9 Å². The third-order valence-electron chi connectivity index (χ3n) is 2.41. The maximum Gasteiger partial charge on any atom is 0.331 e. The maximum absolute atomic E-state index is 11.4. The van der Waals surface area contributed by atoms with Crippen molar-refractivity contribution < 1.29 is 19.4 Å². The molecule has 1 aliphatic heterocycles. The first kappa shape index (κ1) is 11.9. The van der Waals surface area contributed by atoms with Crippen LogP contribution in [0.4, 0.5) is 0 Å². The van der Waals surface area contributed by atoms with Gasteiger partial charge in [0.05, 0.1) is 6.61 Å². The molecule has 0 bridgehead atoms. The molecule has 1 saturated heterocycles. The average Bonchev–Trinajstić information content (AvgIpc) is 2.64. The van der Waals surface area contributed by atoms with Crippen LogP contribution in [0.25, 0.3) is 0 Å². The molecular formula is C9H16N2O4. The Morgan fingerprint density at radius 3 is 2.73 bits per heavy atom. The van der Waals surface area contributed by atoms with Gasteiger partial charge in [0.1, 0.15) is 0 Å². The molecular weight excluding hydrogens is 200 g/mol. The molecule has 0 spiro atoms. The highest BCUT2D eigenvalue weighted by atomic mass is 16.5. The van der Waals surface area contributed by atoms with Crippen molar-refractivity contribution in [3.8, 4) is 0 Å².